The molecular weight excluding hydrogens is 155 g/mol. The summed E-state index contributed by atoms with van der Waals surface area (Å²) >= 11 is 0. The third-order valence-corrected chi connectivity index (χ3v) is 4.06. The van der Waals surface area contributed by atoms with Crippen LogP contribution in [0.4, 0.5) is 0 Å². The van der Waals surface area contributed by atoms with Crippen molar-refractivity contribution in [3.8, 4) is 5.81 Å². The Morgan fingerprint density at radius 3 is 1.91 bits per heavy atom. The van der Waals surface area contributed by atoms with Crippen LogP contribution in [-0.4, -0.2) is 30.4 Å². The summed E-state index contributed by atoms with van der Waals surface area (Å²) in [7, 11) is 3.52. The summed E-state index contributed by atoms with van der Waals surface area (Å²) < 4.78 is 0. The molecule has 0 saturated heterocycles. The summed E-state index contributed by atoms with van der Waals surface area (Å²) in [6, 6.07) is 0. The third-order valence-electron chi connectivity index (χ3n) is 1.35. The van der Waals surface area contributed by atoms with Crippen molar-refractivity contribution in [3.05, 3.63) is 0 Å². The van der Waals surface area contributed by atoms with Crippen molar-refractivity contribution in [2.75, 3.05) is 20.4 Å². The predicted octanol–water partition coefficient (Wildman–Crippen LogP) is 2.27. The van der Waals surface area contributed by atoms with Gasteiger partial charge in [-0.2, -0.15) is 5.26 Å². The van der Waals surface area contributed by atoms with Crippen molar-refractivity contribution in [1.29, 1.82) is 5.26 Å². The van der Waals surface area contributed by atoms with Crippen LogP contribution in [0.25, 0.3) is 0 Å². The smallest absolute Gasteiger partial charge is 0.0890 e. The molecule has 11 heavy (non-hydrogen) atoms. The van der Waals surface area contributed by atoms with Crippen LogP contribution in [0, 0.1) is 11.1 Å². The monoisotopic (exact) mass is 172 g/mol. The highest BCUT2D eigenvalue weighted by Gasteiger charge is 2.24. The van der Waals surface area contributed by atoms with Crippen molar-refractivity contribution in [1.82, 2.24) is 4.90 Å². The minimum atomic E-state index is -0.507. The van der Waals surface area contributed by atoms with Crippen molar-refractivity contribution >= 4 is 7.92 Å². The summed E-state index contributed by atoms with van der Waals surface area (Å²) in [4.78, 5) is 2.08. The first-order chi connectivity index (χ1) is 4.88. The molecule has 0 rings (SSSR count). The second kappa shape index (κ2) is 4.04. The van der Waals surface area contributed by atoms with Gasteiger partial charge in [-0.15, -0.1) is 0 Å². The molecule has 0 aliphatic rings. The van der Waals surface area contributed by atoms with E-state index in [1.807, 2.05) is 14.1 Å². The average molecular weight is 172 g/mol. The number of rotatable bonds is 2. The second-order valence-electron chi connectivity index (χ2n) is 3.92. The average Bonchev–Trinajstić information content (AvgIpc) is 1.79. The van der Waals surface area contributed by atoms with Gasteiger partial charge in [-0.3, -0.25) is 0 Å². The standard InChI is InChI=1S/C8H17N2P/c1-8(2,3)11(6-9)7-10(4)5/h7H2,1-5H3. The van der Waals surface area contributed by atoms with E-state index < -0.39 is 7.92 Å². The number of hydrogen-bond acceptors (Lipinski definition) is 2. The lowest BCUT2D eigenvalue weighted by Gasteiger charge is -2.27. The van der Waals surface area contributed by atoms with E-state index in [-0.39, 0.29) is 5.16 Å². The molecule has 0 N–H and O–H groups in total. The van der Waals surface area contributed by atoms with Crippen molar-refractivity contribution in [3.63, 3.8) is 0 Å². The molecule has 0 aliphatic carbocycles. The van der Waals surface area contributed by atoms with Gasteiger partial charge in [0, 0.05) is 14.2 Å². The molecule has 0 aliphatic heterocycles. The second-order valence-corrected chi connectivity index (χ2v) is 6.60. The maximum Gasteiger partial charge on any atom is 0.0890 e. The summed E-state index contributed by atoms with van der Waals surface area (Å²) in [6.07, 6.45) is 0.912. The van der Waals surface area contributed by atoms with Gasteiger partial charge in [0.15, 0.2) is 0 Å². The maximum atomic E-state index is 8.86. The van der Waals surface area contributed by atoms with E-state index in [1.54, 1.807) is 0 Å². The van der Waals surface area contributed by atoms with E-state index in [1.165, 1.54) is 0 Å². The Bertz CT molecular complexity index is 152. The minimum absolute atomic E-state index is 0.161. The Labute approximate surface area is 70.9 Å². The fourth-order valence-electron chi connectivity index (χ4n) is 0.677. The molecule has 0 bridgehead atoms. The molecule has 0 heterocycles. The van der Waals surface area contributed by atoms with Crippen LogP contribution in [0.1, 0.15) is 20.8 Å². The molecule has 0 aromatic rings. The van der Waals surface area contributed by atoms with E-state index in [4.69, 9.17) is 5.26 Å². The van der Waals surface area contributed by atoms with Crippen LogP contribution in [0.5, 0.6) is 0 Å². The van der Waals surface area contributed by atoms with Crippen molar-refractivity contribution in [2.24, 2.45) is 0 Å². The molecule has 1 atom stereocenters. The van der Waals surface area contributed by atoms with Crippen LogP contribution in [0.15, 0.2) is 0 Å². The molecule has 0 saturated carbocycles. The van der Waals surface area contributed by atoms with Crippen LogP contribution >= 0.6 is 7.92 Å². The SMILES string of the molecule is CN(C)CP(C#N)C(C)(C)C. The maximum absolute atomic E-state index is 8.86. The largest absolute Gasteiger partial charge is 0.304 e. The Kier molecular flexibility index (Phi) is 4.00. The predicted molar refractivity (Wildman–Crippen MR) is 50.8 cm³/mol. The highest BCUT2D eigenvalue weighted by atomic mass is 31.1. The first-order valence-electron chi connectivity index (χ1n) is 3.70. The quantitative estimate of drug-likeness (QED) is 0.597. The van der Waals surface area contributed by atoms with Gasteiger partial charge < -0.3 is 4.90 Å². The van der Waals surface area contributed by atoms with E-state index in [9.17, 15) is 0 Å². The third kappa shape index (κ3) is 4.35. The molecule has 0 radical (unpaired) electrons. The summed E-state index contributed by atoms with van der Waals surface area (Å²) in [5.41, 5.74) is 0. The van der Waals surface area contributed by atoms with Crippen LogP contribution in [0.3, 0.4) is 0 Å². The fourth-order valence-corrected chi connectivity index (χ4v) is 2.03. The van der Waals surface area contributed by atoms with E-state index in [0.29, 0.717) is 0 Å². The Morgan fingerprint density at radius 2 is 1.82 bits per heavy atom. The molecule has 0 amide bonds. The van der Waals surface area contributed by atoms with Crippen LogP contribution in [-0.2, 0) is 0 Å². The number of nitriles is 1. The summed E-state index contributed by atoms with van der Waals surface area (Å²) in [6.45, 7) is 6.39. The van der Waals surface area contributed by atoms with Crippen LogP contribution in [0.2, 0.25) is 0 Å². The fraction of sp³-hybridized carbons (Fsp3) is 0.875. The molecular formula is C8H17N2P. The zero-order valence-corrected chi connectivity index (χ0v) is 8.94. The first kappa shape index (κ1) is 10.9. The van der Waals surface area contributed by atoms with Gasteiger partial charge in [0.05, 0.1) is 5.81 Å². The van der Waals surface area contributed by atoms with E-state index >= 15 is 0 Å². The topological polar surface area (TPSA) is 27.0 Å². The van der Waals surface area contributed by atoms with Gasteiger partial charge in [-0.05, 0) is 19.3 Å². The summed E-state index contributed by atoms with van der Waals surface area (Å²) in [5.74, 6) is 2.40. The normalized spacial score (nSPS) is 14.6. The van der Waals surface area contributed by atoms with Gasteiger partial charge in [0.25, 0.3) is 0 Å². The lowest BCUT2D eigenvalue weighted by Crippen LogP contribution is -2.20. The molecule has 0 spiro atoms. The molecule has 0 fully saturated rings. The highest BCUT2D eigenvalue weighted by Crippen LogP contribution is 2.47. The van der Waals surface area contributed by atoms with Gasteiger partial charge in [0.2, 0.25) is 0 Å². The van der Waals surface area contributed by atoms with Gasteiger partial charge in [-0.1, -0.05) is 20.8 Å². The van der Waals surface area contributed by atoms with Gasteiger partial charge in [-0.25, -0.2) is 0 Å². The Hall–Kier alpha value is -0.120. The van der Waals surface area contributed by atoms with Crippen LogP contribution < -0.4 is 0 Å². The lowest BCUT2D eigenvalue weighted by atomic mass is 10.3. The zero-order chi connectivity index (χ0) is 9.07. The first-order valence-corrected chi connectivity index (χ1v) is 5.22. The van der Waals surface area contributed by atoms with Gasteiger partial charge >= 0.3 is 0 Å². The summed E-state index contributed by atoms with van der Waals surface area (Å²) in [5, 5.41) is 9.02. The highest BCUT2D eigenvalue weighted by molar-refractivity contribution is 7.64. The molecule has 64 valence electrons. The number of hydrogen-bond donors (Lipinski definition) is 0. The molecule has 0 aromatic heterocycles. The molecule has 0 aromatic carbocycles. The minimum Gasteiger partial charge on any atom is -0.304 e. The molecule has 3 heteroatoms. The zero-order valence-electron chi connectivity index (χ0n) is 8.05. The van der Waals surface area contributed by atoms with Crippen molar-refractivity contribution in [2.45, 2.75) is 25.9 Å². The number of nitrogens with zero attached hydrogens (tertiary/aromatic N) is 2. The van der Waals surface area contributed by atoms with Crippen molar-refractivity contribution < 1.29 is 0 Å². The van der Waals surface area contributed by atoms with E-state index in [0.717, 1.165) is 6.29 Å². The molecule has 1 unspecified atom stereocenters. The Morgan fingerprint density at radius 1 is 1.36 bits per heavy atom. The van der Waals surface area contributed by atoms with Gasteiger partial charge in [0.1, 0.15) is 0 Å². The van der Waals surface area contributed by atoms with E-state index in [2.05, 4.69) is 31.5 Å². The molecule has 2 nitrogen and oxygen atoms in total. The lowest BCUT2D eigenvalue weighted by molar-refractivity contribution is 0.478. The Balaban J connectivity index is 4.11.